The van der Waals surface area contributed by atoms with Crippen molar-refractivity contribution in [2.24, 2.45) is 5.92 Å². The van der Waals surface area contributed by atoms with Crippen LogP contribution in [0.15, 0.2) is 24.3 Å². The smallest absolute Gasteiger partial charge is 0.119 e. The number of nitrogens with one attached hydrogen (secondary N) is 1. The number of anilines is 1. The molecule has 0 aliphatic rings. The van der Waals surface area contributed by atoms with Crippen molar-refractivity contribution in [2.45, 2.75) is 46.6 Å². The van der Waals surface area contributed by atoms with Crippen LogP contribution >= 0.6 is 0 Å². The summed E-state index contributed by atoms with van der Waals surface area (Å²) in [6, 6.07) is 8.72. The maximum absolute atomic E-state index is 5.63. The van der Waals surface area contributed by atoms with E-state index in [4.69, 9.17) is 4.74 Å². The first-order valence-corrected chi connectivity index (χ1v) is 6.63. The standard InChI is InChI=1S/C15H25NO/c1-5-6-11-17-15-9-7-14(8-10-15)16-13(4)12(2)3/h7-10,12-13,16H,5-6,11H2,1-4H3. The molecule has 0 amide bonds. The molecule has 17 heavy (non-hydrogen) atoms. The minimum absolute atomic E-state index is 0.488. The van der Waals surface area contributed by atoms with Gasteiger partial charge < -0.3 is 10.1 Å². The van der Waals surface area contributed by atoms with Gasteiger partial charge in [0.25, 0.3) is 0 Å². The maximum atomic E-state index is 5.63. The first-order chi connectivity index (χ1) is 8.13. The second-order valence-electron chi connectivity index (χ2n) is 4.90. The number of rotatable bonds is 7. The van der Waals surface area contributed by atoms with Crippen molar-refractivity contribution in [3.8, 4) is 5.75 Å². The van der Waals surface area contributed by atoms with Crippen LogP contribution in [0.5, 0.6) is 5.75 Å². The van der Waals surface area contributed by atoms with E-state index in [2.05, 4.69) is 45.1 Å². The van der Waals surface area contributed by atoms with E-state index in [1.54, 1.807) is 0 Å². The normalized spacial score (nSPS) is 12.5. The van der Waals surface area contributed by atoms with E-state index in [0.29, 0.717) is 12.0 Å². The Kier molecular flexibility index (Phi) is 5.88. The summed E-state index contributed by atoms with van der Waals surface area (Å²) >= 11 is 0. The maximum Gasteiger partial charge on any atom is 0.119 e. The summed E-state index contributed by atoms with van der Waals surface area (Å²) in [7, 11) is 0. The Hall–Kier alpha value is -1.18. The molecular weight excluding hydrogens is 210 g/mol. The van der Waals surface area contributed by atoms with E-state index in [1.165, 1.54) is 6.42 Å². The Labute approximate surface area is 105 Å². The van der Waals surface area contributed by atoms with Crippen LogP contribution in [0.2, 0.25) is 0 Å². The van der Waals surface area contributed by atoms with Crippen LogP contribution in [0, 0.1) is 5.92 Å². The molecule has 96 valence electrons. The molecule has 0 aromatic heterocycles. The molecule has 2 nitrogen and oxygen atoms in total. The van der Waals surface area contributed by atoms with Gasteiger partial charge >= 0.3 is 0 Å². The molecule has 1 atom stereocenters. The zero-order chi connectivity index (χ0) is 12.7. The molecule has 0 heterocycles. The fourth-order valence-corrected chi connectivity index (χ4v) is 1.41. The molecule has 0 fully saturated rings. The fourth-order valence-electron chi connectivity index (χ4n) is 1.41. The van der Waals surface area contributed by atoms with E-state index >= 15 is 0 Å². The Bertz CT molecular complexity index is 305. The second kappa shape index (κ2) is 7.21. The molecule has 0 bridgehead atoms. The lowest BCUT2D eigenvalue weighted by molar-refractivity contribution is 0.309. The van der Waals surface area contributed by atoms with Gasteiger partial charge in [-0.15, -0.1) is 0 Å². The second-order valence-corrected chi connectivity index (χ2v) is 4.90. The monoisotopic (exact) mass is 235 g/mol. The number of benzene rings is 1. The van der Waals surface area contributed by atoms with E-state index < -0.39 is 0 Å². The van der Waals surface area contributed by atoms with E-state index in [9.17, 15) is 0 Å². The molecule has 1 rings (SSSR count). The largest absolute Gasteiger partial charge is 0.494 e. The van der Waals surface area contributed by atoms with Crippen LogP contribution in [0.4, 0.5) is 5.69 Å². The van der Waals surface area contributed by atoms with Gasteiger partial charge in [-0.1, -0.05) is 27.2 Å². The van der Waals surface area contributed by atoms with Crippen molar-refractivity contribution < 1.29 is 4.74 Å². The lowest BCUT2D eigenvalue weighted by Crippen LogP contribution is -2.21. The molecule has 0 saturated carbocycles. The summed E-state index contributed by atoms with van der Waals surface area (Å²) in [6.45, 7) is 9.63. The molecule has 0 aliphatic heterocycles. The van der Waals surface area contributed by atoms with E-state index in [1.807, 2.05) is 12.1 Å². The average molecular weight is 235 g/mol. The van der Waals surface area contributed by atoms with Crippen LogP contribution in [0.25, 0.3) is 0 Å². The predicted molar refractivity (Wildman–Crippen MR) is 74.8 cm³/mol. The van der Waals surface area contributed by atoms with Crippen molar-refractivity contribution in [2.75, 3.05) is 11.9 Å². The first kappa shape index (κ1) is 13.9. The van der Waals surface area contributed by atoms with Gasteiger partial charge in [-0.2, -0.15) is 0 Å². The minimum Gasteiger partial charge on any atom is -0.494 e. The highest BCUT2D eigenvalue weighted by Crippen LogP contribution is 2.18. The highest BCUT2D eigenvalue weighted by atomic mass is 16.5. The lowest BCUT2D eigenvalue weighted by Gasteiger charge is -2.19. The Morgan fingerprint density at radius 3 is 2.29 bits per heavy atom. The topological polar surface area (TPSA) is 21.3 Å². The summed E-state index contributed by atoms with van der Waals surface area (Å²) in [5.74, 6) is 1.59. The van der Waals surface area contributed by atoms with Gasteiger partial charge in [0, 0.05) is 11.7 Å². The minimum atomic E-state index is 0.488. The van der Waals surface area contributed by atoms with E-state index in [0.717, 1.165) is 24.5 Å². The fraction of sp³-hybridized carbons (Fsp3) is 0.600. The van der Waals surface area contributed by atoms with Crippen LogP contribution in [-0.2, 0) is 0 Å². The molecule has 1 N–H and O–H groups in total. The predicted octanol–water partition coefficient (Wildman–Crippen LogP) is 4.32. The lowest BCUT2D eigenvalue weighted by atomic mass is 10.1. The summed E-state index contributed by atoms with van der Waals surface area (Å²) in [5.41, 5.74) is 1.16. The van der Waals surface area contributed by atoms with Gasteiger partial charge in [0.1, 0.15) is 5.75 Å². The summed E-state index contributed by atoms with van der Waals surface area (Å²) in [6.07, 6.45) is 2.29. The van der Waals surface area contributed by atoms with Gasteiger partial charge in [0.05, 0.1) is 6.61 Å². The quantitative estimate of drug-likeness (QED) is 0.711. The molecule has 0 spiro atoms. The molecular formula is C15H25NO. The van der Waals surface area contributed by atoms with Crippen molar-refractivity contribution in [1.82, 2.24) is 0 Å². The molecule has 0 aliphatic carbocycles. The van der Waals surface area contributed by atoms with Gasteiger partial charge in [0.2, 0.25) is 0 Å². The highest BCUT2D eigenvalue weighted by Gasteiger charge is 2.06. The van der Waals surface area contributed by atoms with Crippen molar-refractivity contribution in [3.05, 3.63) is 24.3 Å². The molecule has 0 radical (unpaired) electrons. The molecule has 1 aromatic carbocycles. The van der Waals surface area contributed by atoms with Crippen molar-refractivity contribution in [3.63, 3.8) is 0 Å². The van der Waals surface area contributed by atoms with Gasteiger partial charge in [-0.3, -0.25) is 0 Å². The van der Waals surface area contributed by atoms with Crippen LogP contribution < -0.4 is 10.1 Å². The number of hydrogen-bond donors (Lipinski definition) is 1. The number of hydrogen-bond acceptors (Lipinski definition) is 2. The van der Waals surface area contributed by atoms with Gasteiger partial charge in [0.15, 0.2) is 0 Å². The van der Waals surface area contributed by atoms with Gasteiger partial charge in [-0.05, 0) is 43.5 Å². The SMILES string of the molecule is CCCCOc1ccc(NC(C)C(C)C)cc1. The Morgan fingerprint density at radius 2 is 1.76 bits per heavy atom. The third-order valence-electron chi connectivity index (χ3n) is 3.02. The molecule has 2 heteroatoms. The van der Waals surface area contributed by atoms with Crippen molar-refractivity contribution in [1.29, 1.82) is 0 Å². The Morgan fingerprint density at radius 1 is 1.12 bits per heavy atom. The third-order valence-corrected chi connectivity index (χ3v) is 3.02. The summed E-state index contributed by atoms with van der Waals surface area (Å²) < 4.78 is 5.63. The number of unbranched alkanes of at least 4 members (excludes halogenated alkanes) is 1. The van der Waals surface area contributed by atoms with Crippen molar-refractivity contribution >= 4 is 5.69 Å². The van der Waals surface area contributed by atoms with Crippen LogP contribution in [-0.4, -0.2) is 12.6 Å². The summed E-state index contributed by atoms with van der Waals surface area (Å²) in [4.78, 5) is 0. The highest BCUT2D eigenvalue weighted by molar-refractivity contribution is 5.47. The zero-order valence-corrected chi connectivity index (χ0v) is 11.5. The molecule has 0 saturated heterocycles. The van der Waals surface area contributed by atoms with Crippen LogP contribution in [0.1, 0.15) is 40.5 Å². The average Bonchev–Trinajstić information content (AvgIpc) is 2.31. The number of ether oxygens (including phenoxy) is 1. The Balaban J connectivity index is 2.44. The molecule has 1 aromatic rings. The van der Waals surface area contributed by atoms with E-state index in [-0.39, 0.29) is 0 Å². The van der Waals surface area contributed by atoms with Crippen LogP contribution in [0.3, 0.4) is 0 Å². The zero-order valence-electron chi connectivity index (χ0n) is 11.5. The summed E-state index contributed by atoms with van der Waals surface area (Å²) in [5, 5.41) is 3.48. The van der Waals surface area contributed by atoms with Gasteiger partial charge in [-0.25, -0.2) is 0 Å². The first-order valence-electron chi connectivity index (χ1n) is 6.63. The molecule has 1 unspecified atom stereocenters. The third kappa shape index (κ3) is 5.12.